The van der Waals surface area contributed by atoms with Crippen LogP contribution in [0, 0.1) is 28.6 Å². The third-order valence-electron chi connectivity index (χ3n) is 8.02. The average Bonchev–Trinajstić information content (AvgIpc) is 2.82. The zero-order valence-corrected chi connectivity index (χ0v) is 19.8. The first-order chi connectivity index (χ1) is 11.6. The monoisotopic (exact) mass is 426 g/mol. The Bertz CT molecular complexity index is 737. The molecule has 0 aromatic rings. The van der Waals surface area contributed by atoms with Crippen molar-refractivity contribution in [3.63, 3.8) is 0 Å². The number of Topliss-reactive ketones (excluding diaryl/α,β-unsaturated/α-hetero) is 1. The molecule has 0 radical (unpaired) electrons. The summed E-state index contributed by atoms with van der Waals surface area (Å²) < 4.78 is 37.5. The molecular weight excluding hydrogens is 395 g/mol. The van der Waals surface area contributed by atoms with Gasteiger partial charge >= 0.3 is 29.6 Å². The van der Waals surface area contributed by atoms with Crippen molar-refractivity contribution in [3.8, 4) is 0 Å². The second-order valence-electron chi connectivity index (χ2n) is 9.05. The molecular formula is C19H31NaO7S. The van der Waals surface area contributed by atoms with Gasteiger partial charge in [-0.2, -0.15) is 0 Å². The molecule has 0 aromatic carbocycles. The van der Waals surface area contributed by atoms with Crippen LogP contribution in [0.15, 0.2) is 11.6 Å². The topological polar surface area (TPSA) is 146 Å². The summed E-state index contributed by atoms with van der Waals surface area (Å²) >= 11 is 0. The molecule has 0 aliphatic heterocycles. The molecule has 7 nitrogen and oxygen atoms in total. The molecule has 0 amide bonds. The molecule has 4 rings (SSSR count). The summed E-state index contributed by atoms with van der Waals surface area (Å²) in [6.07, 6.45) is 8.55. The Morgan fingerprint density at radius 2 is 1.68 bits per heavy atom. The van der Waals surface area contributed by atoms with E-state index in [0.29, 0.717) is 36.4 Å². The van der Waals surface area contributed by atoms with Gasteiger partial charge in [0.1, 0.15) is 5.78 Å². The van der Waals surface area contributed by atoms with E-state index in [1.807, 2.05) is 0 Å². The zero-order chi connectivity index (χ0) is 18.0. The van der Waals surface area contributed by atoms with Crippen LogP contribution in [0.5, 0.6) is 0 Å². The van der Waals surface area contributed by atoms with Crippen molar-refractivity contribution in [2.75, 3.05) is 0 Å². The summed E-state index contributed by atoms with van der Waals surface area (Å²) in [6.45, 7) is 4.48. The van der Waals surface area contributed by atoms with E-state index in [1.165, 1.54) is 5.57 Å². The number of hydrogen-bond acceptors (Lipinski definition) is 5. The molecule has 0 aromatic heterocycles. The van der Waals surface area contributed by atoms with Crippen LogP contribution in [0.3, 0.4) is 0 Å². The van der Waals surface area contributed by atoms with E-state index in [-0.39, 0.29) is 51.3 Å². The maximum Gasteiger partial charge on any atom is 1.00 e. The number of carbonyl (C=O) groups is 1. The summed E-state index contributed by atoms with van der Waals surface area (Å²) in [5, 5.41) is 0. The molecule has 0 heterocycles. The van der Waals surface area contributed by atoms with Crippen molar-refractivity contribution >= 4 is 16.2 Å². The summed E-state index contributed by atoms with van der Waals surface area (Å²) in [4.78, 5) is 12.4. The Hall–Kier alpha value is 0.200. The fourth-order valence-corrected chi connectivity index (χ4v) is 7.14. The van der Waals surface area contributed by atoms with Crippen molar-refractivity contribution in [2.45, 2.75) is 71.3 Å². The van der Waals surface area contributed by atoms with Crippen LogP contribution in [0.1, 0.15) is 65.2 Å². The minimum Gasteiger partial charge on any atom is -0.726 e. The van der Waals surface area contributed by atoms with Crippen molar-refractivity contribution in [1.29, 1.82) is 0 Å². The molecule has 156 valence electrons. The Labute approximate surface area is 189 Å². The van der Waals surface area contributed by atoms with Gasteiger partial charge in [0.25, 0.3) is 0 Å². The predicted molar refractivity (Wildman–Crippen MR) is 98.5 cm³/mol. The second-order valence-corrected chi connectivity index (χ2v) is 10.1. The number of fused-ring (bicyclic) bond motifs is 5. The van der Waals surface area contributed by atoms with Crippen LogP contribution < -0.4 is 29.6 Å². The van der Waals surface area contributed by atoms with Gasteiger partial charge < -0.3 is 15.5 Å². The molecule has 4 aliphatic rings. The molecule has 0 spiro atoms. The zero-order valence-electron chi connectivity index (χ0n) is 17.0. The predicted octanol–water partition coefficient (Wildman–Crippen LogP) is -1.28. The van der Waals surface area contributed by atoms with E-state index in [2.05, 4.69) is 19.9 Å². The fraction of sp³-hybridized carbons (Fsp3) is 0.842. The van der Waals surface area contributed by atoms with Crippen LogP contribution in [-0.2, 0) is 19.4 Å². The molecule has 3 fully saturated rings. The van der Waals surface area contributed by atoms with Gasteiger partial charge in [-0.15, -0.1) is 0 Å². The number of allylic oxidation sites excluding steroid dienone is 1. The van der Waals surface area contributed by atoms with Gasteiger partial charge in [-0.05, 0) is 68.1 Å². The summed E-state index contributed by atoms with van der Waals surface area (Å²) in [7, 11) is -4.65. The Morgan fingerprint density at radius 3 is 2.32 bits per heavy atom. The van der Waals surface area contributed by atoms with Crippen LogP contribution in [0.25, 0.3) is 0 Å². The summed E-state index contributed by atoms with van der Waals surface area (Å²) in [5.74, 6) is 2.05. The average molecular weight is 427 g/mol. The van der Waals surface area contributed by atoms with E-state index in [4.69, 9.17) is 4.18 Å². The first-order valence-corrected chi connectivity index (χ1v) is 10.8. The van der Waals surface area contributed by atoms with Crippen LogP contribution >= 0.6 is 0 Å². The minimum absolute atomic E-state index is 0. The van der Waals surface area contributed by atoms with Gasteiger partial charge in [0.2, 0.25) is 10.4 Å². The maximum absolute atomic E-state index is 12.4. The molecule has 0 bridgehead atoms. The molecule has 28 heavy (non-hydrogen) atoms. The Morgan fingerprint density at radius 1 is 1.07 bits per heavy atom. The van der Waals surface area contributed by atoms with Crippen molar-refractivity contribution in [3.05, 3.63) is 11.6 Å². The third-order valence-corrected chi connectivity index (χ3v) is 8.53. The maximum atomic E-state index is 12.4. The molecule has 0 saturated heterocycles. The number of carbonyl (C=O) groups excluding carboxylic acids is 1. The first-order valence-electron chi connectivity index (χ1n) is 9.50. The van der Waals surface area contributed by atoms with Crippen molar-refractivity contribution in [2.24, 2.45) is 28.6 Å². The van der Waals surface area contributed by atoms with Crippen LogP contribution in [0.2, 0.25) is 0 Å². The van der Waals surface area contributed by atoms with Gasteiger partial charge in [-0.1, -0.05) is 25.5 Å². The van der Waals surface area contributed by atoms with Crippen LogP contribution in [-0.4, -0.2) is 35.8 Å². The second kappa shape index (κ2) is 8.75. The normalized spacial score (nSPS) is 41.8. The summed E-state index contributed by atoms with van der Waals surface area (Å²) in [5.41, 5.74) is 1.20. The molecule has 4 aliphatic carbocycles. The van der Waals surface area contributed by atoms with E-state index in [0.717, 1.165) is 38.5 Å². The largest absolute Gasteiger partial charge is 1.00 e. The first kappa shape index (κ1) is 26.2. The van der Waals surface area contributed by atoms with Gasteiger partial charge in [-0.25, -0.2) is 8.42 Å². The van der Waals surface area contributed by atoms with Gasteiger partial charge in [0.15, 0.2) is 0 Å². The number of rotatable bonds is 2. The smallest absolute Gasteiger partial charge is 0.726 e. The molecule has 4 N–H and O–H groups in total. The quantitative estimate of drug-likeness (QED) is 0.233. The number of hydrogen-bond donors (Lipinski definition) is 0. The molecule has 6 atom stereocenters. The van der Waals surface area contributed by atoms with E-state index < -0.39 is 16.5 Å². The van der Waals surface area contributed by atoms with Crippen LogP contribution in [0.4, 0.5) is 0 Å². The van der Waals surface area contributed by atoms with Gasteiger partial charge in [0.05, 0.1) is 6.10 Å². The van der Waals surface area contributed by atoms with Gasteiger partial charge in [0, 0.05) is 11.8 Å². The third kappa shape index (κ3) is 4.17. The molecule has 3 saturated carbocycles. The molecule has 9 heteroatoms. The Kier molecular flexibility index (Phi) is 8.20. The van der Waals surface area contributed by atoms with E-state index in [9.17, 15) is 17.8 Å². The standard InChI is InChI=1S/C19H28O5S.Na.2H2O/c1-18-9-7-13(24-25(21,22)23)11-12(18)3-4-14-15-5-6-17(20)19(15,2)10-8-16(14)18;;;/h3,13-16H,4-11H2,1-2H3,(H,21,22,23);;2*1H2/q;+1;;/p-1/t13-,14-,15-,16-,18-,19-;;;/m0.../s1. The van der Waals surface area contributed by atoms with E-state index in [1.54, 1.807) is 0 Å². The SMILES string of the molecule is C[C@]12CC[C@H](OS(=O)(=O)[O-])CC1=CC[C@@H]1[C@@H]2CC[C@]2(C)C(=O)CC[C@@H]12.O.O.[Na+]. The minimum atomic E-state index is -4.65. The fourth-order valence-electron chi connectivity index (χ4n) is 6.65. The van der Waals surface area contributed by atoms with Crippen molar-refractivity contribution in [1.82, 2.24) is 0 Å². The summed E-state index contributed by atoms with van der Waals surface area (Å²) in [6, 6.07) is 0. The number of ketones is 1. The molecule has 0 unspecified atom stereocenters. The van der Waals surface area contributed by atoms with Crippen molar-refractivity contribution < 1.29 is 62.5 Å². The van der Waals surface area contributed by atoms with E-state index >= 15 is 0 Å². The Balaban J connectivity index is 0.00000131. The van der Waals surface area contributed by atoms with Gasteiger partial charge in [-0.3, -0.25) is 8.98 Å².